The summed E-state index contributed by atoms with van der Waals surface area (Å²) in [4.78, 5) is 10.7. The molecule has 0 amide bonds. The molecular formula is C11H11NOS. The number of hydrogen-bond donors (Lipinski definition) is 1. The zero-order valence-electron chi connectivity index (χ0n) is 7.91. The van der Waals surface area contributed by atoms with E-state index in [0.717, 1.165) is 22.8 Å². The van der Waals surface area contributed by atoms with Crippen molar-refractivity contribution in [3.05, 3.63) is 28.6 Å². The lowest BCUT2D eigenvalue weighted by molar-refractivity contribution is 0.112. The van der Waals surface area contributed by atoms with Crippen molar-refractivity contribution in [1.82, 2.24) is 0 Å². The lowest BCUT2D eigenvalue weighted by Crippen LogP contribution is -1.94. The monoisotopic (exact) mass is 205 g/mol. The molecular weight excluding hydrogens is 194 g/mol. The number of anilines is 1. The van der Waals surface area contributed by atoms with Gasteiger partial charge in [0.25, 0.3) is 0 Å². The van der Waals surface area contributed by atoms with Gasteiger partial charge in [-0.2, -0.15) is 0 Å². The predicted molar refractivity (Wildman–Crippen MR) is 61.0 cm³/mol. The Bertz CT molecular complexity index is 487. The number of aryl methyl sites for hydroxylation is 1. The van der Waals surface area contributed by atoms with Gasteiger partial charge < -0.3 is 5.73 Å². The molecule has 1 aromatic carbocycles. The minimum absolute atomic E-state index is 0.589. The lowest BCUT2D eigenvalue weighted by atomic mass is 10.1. The molecule has 0 spiro atoms. The maximum atomic E-state index is 10.7. The van der Waals surface area contributed by atoms with Crippen LogP contribution in [0.4, 0.5) is 5.69 Å². The molecule has 0 saturated carbocycles. The van der Waals surface area contributed by atoms with Gasteiger partial charge in [0.2, 0.25) is 0 Å². The molecule has 14 heavy (non-hydrogen) atoms. The van der Waals surface area contributed by atoms with Crippen LogP contribution in [-0.2, 0) is 6.42 Å². The van der Waals surface area contributed by atoms with E-state index in [1.807, 2.05) is 6.07 Å². The van der Waals surface area contributed by atoms with E-state index in [0.29, 0.717) is 11.3 Å². The normalized spacial score (nSPS) is 10.6. The number of hydrogen-bond acceptors (Lipinski definition) is 3. The zero-order valence-corrected chi connectivity index (χ0v) is 8.73. The maximum absolute atomic E-state index is 10.7. The zero-order chi connectivity index (χ0) is 10.1. The quantitative estimate of drug-likeness (QED) is 0.605. The SMILES string of the molecule is CCc1csc2ccc(C=O)c(N)c12. The predicted octanol–water partition coefficient (Wildman–Crippen LogP) is 2.86. The largest absolute Gasteiger partial charge is 0.398 e. The standard InChI is InChI=1S/C11H11NOS/c1-2-7-6-14-9-4-3-8(5-13)11(12)10(7)9/h3-6H,2,12H2,1H3. The van der Waals surface area contributed by atoms with Crippen LogP contribution in [0, 0.1) is 0 Å². The molecule has 0 aliphatic heterocycles. The van der Waals surface area contributed by atoms with E-state index < -0.39 is 0 Å². The van der Waals surface area contributed by atoms with E-state index in [4.69, 9.17) is 5.73 Å². The second-order valence-corrected chi connectivity index (χ2v) is 4.09. The van der Waals surface area contributed by atoms with Gasteiger partial charge in [-0.05, 0) is 29.5 Å². The van der Waals surface area contributed by atoms with Crippen LogP contribution in [0.25, 0.3) is 10.1 Å². The summed E-state index contributed by atoms with van der Waals surface area (Å²) in [6.07, 6.45) is 1.76. The van der Waals surface area contributed by atoms with Gasteiger partial charge in [-0.3, -0.25) is 4.79 Å². The molecule has 0 aliphatic carbocycles. The molecule has 0 atom stereocenters. The fourth-order valence-corrected chi connectivity index (χ4v) is 2.66. The van der Waals surface area contributed by atoms with Crippen LogP contribution < -0.4 is 5.73 Å². The average molecular weight is 205 g/mol. The number of carbonyl (C=O) groups is 1. The van der Waals surface area contributed by atoms with Gasteiger partial charge in [0, 0.05) is 15.6 Å². The second-order valence-electron chi connectivity index (χ2n) is 3.17. The molecule has 0 saturated heterocycles. The van der Waals surface area contributed by atoms with Gasteiger partial charge in [-0.25, -0.2) is 0 Å². The molecule has 2 N–H and O–H groups in total. The van der Waals surface area contributed by atoms with Crippen LogP contribution in [0.3, 0.4) is 0 Å². The first-order valence-corrected chi connectivity index (χ1v) is 5.39. The molecule has 0 aliphatic rings. The van der Waals surface area contributed by atoms with Crippen molar-refractivity contribution in [1.29, 1.82) is 0 Å². The Morgan fingerprint density at radius 2 is 2.29 bits per heavy atom. The smallest absolute Gasteiger partial charge is 0.152 e. The number of rotatable bonds is 2. The molecule has 0 radical (unpaired) electrons. The summed E-state index contributed by atoms with van der Waals surface area (Å²) in [5.74, 6) is 0. The number of fused-ring (bicyclic) bond motifs is 1. The lowest BCUT2D eigenvalue weighted by Gasteiger charge is -2.02. The van der Waals surface area contributed by atoms with Crippen molar-refractivity contribution in [3.8, 4) is 0 Å². The van der Waals surface area contributed by atoms with Crippen molar-refractivity contribution in [2.24, 2.45) is 0 Å². The Labute approximate surface area is 86.3 Å². The third kappa shape index (κ3) is 1.21. The minimum Gasteiger partial charge on any atom is -0.398 e. The highest BCUT2D eigenvalue weighted by Gasteiger charge is 2.08. The van der Waals surface area contributed by atoms with Crippen LogP contribution >= 0.6 is 11.3 Å². The minimum atomic E-state index is 0.589. The van der Waals surface area contributed by atoms with E-state index in [-0.39, 0.29) is 0 Å². The highest BCUT2D eigenvalue weighted by molar-refractivity contribution is 7.17. The van der Waals surface area contributed by atoms with Crippen LogP contribution in [0.1, 0.15) is 22.8 Å². The van der Waals surface area contributed by atoms with Gasteiger partial charge in [-0.15, -0.1) is 11.3 Å². The molecule has 2 nitrogen and oxygen atoms in total. The summed E-state index contributed by atoms with van der Waals surface area (Å²) in [5.41, 5.74) is 8.36. The molecule has 2 rings (SSSR count). The second kappa shape index (κ2) is 3.42. The van der Waals surface area contributed by atoms with Gasteiger partial charge in [-0.1, -0.05) is 6.92 Å². The number of aldehydes is 1. The van der Waals surface area contributed by atoms with Crippen LogP contribution in [0.2, 0.25) is 0 Å². The Hall–Kier alpha value is -1.35. The van der Waals surface area contributed by atoms with Crippen LogP contribution in [-0.4, -0.2) is 6.29 Å². The van der Waals surface area contributed by atoms with E-state index in [9.17, 15) is 4.79 Å². The maximum Gasteiger partial charge on any atom is 0.152 e. The fraction of sp³-hybridized carbons (Fsp3) is 0.182. The molecule has 0 bridgehead atoms. The summed E-state index contributed by atoms with van der Waals surface area (Å²) >= 11 is 1.68. The van der Waals surface area contributed by atoms with E-state index in [1.165, 1.54) is 5.56 Å². The number of nitrogens with two attached hydrogens (primary N) is 1. The van der Waals surface area contributed by atoms with Crippen molar-refractivity contribution in [2.45, 2.75) is 13.3 Å². The molecule has 72 valence electrons. The van der Waals surface area contributed by atoms with Gasteiger partial charge in [0.05, 0.1) is 5.69 Å². The Morgan fingerprint density at radius 1 is 1.50 bits per heavy atom. The average Bonchev–Trinajstić information content (AvgIpc) is 2.62. The number of nitrogen functional groups attached to an aromatic ring is 1. The van der Waals surface area contributed by atoms with Gasteiger partial charge >= 0.3 is 0 Å². The first-order valence-electron chi connectivity index (χ1n) is 4.51. The van der Waals surface area contributed by atoms with E-state index in [2.05, 4.69) is 12.3 Å². The molecule has 1 aromatic heterocycles. The summed E-state index contributed by atoms with van der Waals surface area (Å²) in [5, 5.41) is 3.16. The van der Waals surface area contributed by atoms with Gasteiger partial charge in [0.15, 0.2) is 6.29 Å². The topological polar surface area (TPSA) is 43.1 Å². The number of thiophene rings is 1. The molecule has 1 heterocycles. The van der Waals surface area contributed by atoms with Crippen LogP contribution in [0.5, 0.6) is 0 Å². The molecule has 3 heteroatoms. The van der Waals surface area contributed by atoms with E-state index in [1.54, 1.807) is 17.4 Å². The first-order chi connectivity index (χ1) is 6.77. The fourth-order valence-electron chi connectivity index (χ4n) is 1.60. The van der Waals surface area contributed by atoms with Crippen LogP contribution in [0.15, 0.2) is 17.5 Å². The summed E-state index contributed by atoms with van der Waals surface area (Å²) in [7, 11) is 0. The number of carbonyl (C=O) groups excluding carboxylic acids is 1. The molecule has 0 unspecified atom stereocenters. The van der Waals surface area contributed by atoms with Crippen molar-refractivity contribution in [2.75, 3.05) is 5.73 Å². The van der Waals surface area contributed by atoms with Crippen molar-refractivity contribution in [3.63, 3.8) is 0 Å². The Balaban J connectivity index is 2.83. The first kappa shape index (κ1) is 9.21. The molecule has 2 aromatic rings. The summed E-state index contributed by atoms with van der Waals surface area (Å²) < 4.78 is 1.16. The Kier molecular flexibility index (Phi) is 2.25. The third-order valence-electron chi connectivity index (χ3n) is 2.40. The van der Waals surface area contributed by atoms with Crippen molar-refractivity contribution < 1.29 is 4.79 Å². The van der Waals surface area contributed by atoms with Gasteiger partial charge in [0.1, 0.15) is 0 Å². The number of benzene rings is 1. The Morgan fingerprint density at radius 3 is 2.93 bits per heavy atom. The summed E-state index contributed by atoms with van der Waals surface area (Å²) in [6.45, 7) is 2.09. The van der Waals surface area contributed by atoms with E-state index >= 15 is 0 Å². The third-order valence-corrected chi connectivity index (χ3v) is 3.39. The summed E-state index contributed by atoms with van der Waals surface area (Å²) in [6, 6.07) is 3.74. The highest BCUT2D eigenvalue weighted by Crippen LogP contribution is 2.32. The van der Waals surface area contributed by atoms with Crippen molar-refractivity contribution >= 4 is 33.4 Å². The molecule has 0 fully saturated rings. The highest BCUT2D eigenvalue weighted by atomic mass is 32.1.